The topological polar surface area (TPSA) is 71.3 Å². The number of amides is 1. The second-order valence-corrected chi connectivity index (χ2v) is 8.84. The van der Waals surface area contributed by atoms with E-state index >= 15 is 0 Å². The normalized spacial score (nSPS) is 11.6. The number of carbonyl (C=O) groups is 1. The second kappa shape index (κ2) is 10.3. The molecule has 0 bridgehead atoms. The smallest absolute Gasteiger partial charge is 0.418 e. The van der Waals surface area contributed by atoms with Crippen LogP contribution in [-0.4, -0.2) is 13.0 Å². The molecule has 0 saturated heterocycles. The number of rotatable bonds is 6. The highest BCUT2D eigenvalue weighted by Gasteiger charge is 2.34. The molecule has 0 radical (unpaired) electrons. The average molecular weight is 535 g/mol. The van der Waals surface area contributed by atoms with Crippen molar-refractivity contribution < 1.29 is 22.4 Å². The van der Waals surface area contributed by atoms with Crippen molar-refractivity contribution >= 4 is 45.8 Å². The summed E-state index contributed by atoms with van der Waals surface area (Å²) < 4.78 is 45.9. The average Bonchev–Trinajstić information content (AvgIpc) is 2.82. The zero-order chi connectivity index (χ0) is 26.0. The molecule has 0 aliphatic rings. The molecule has 0 saturated carbocycles. The van der Waals surface area contributed by atoms with Crippen molar-refractivity contribution in [3.8, 4) is 11.1 Å². The molecule has 2 N–H and O–H groups in total. The molecule has 0 unspecified atom stereocenters. The molecule has 0 atom stereocenters. The minimum absolute atomic E-state index is 0.00597. The van der Waals surface area contributed by atoms with E-state index in [1.165, 1.54) is 12.1 Å². The highest BCUT2D eigenvalue weighted by atomic mass is 35.5. The van der Waals surface area contributed by atoms with E-state index in [0.717, 1.165) is 17.7 Å². The van der Waals surface area contributed by atoms with Gasteiger partial charge in [-0.3, -0.25) is 4.79 Å². The van der Waals surface area contributed by atoms with E-state index in [1.807, 2.05) is 0 Å². The first kappa shape index (κ1) is 25.8. The van der Waals surface area contributed by atoms with Gasteiger partial charge in [0.1, 0.15) is 5.58 Å². The first-order chi connectivity index (χ1) is 17.1. The van der Waals surface area contributed by atoms with Crippen LogP contribution in [0.5, 0.6) is 0 Å². The summed E-state index contributed by atoms with van der Waals surface area (Å²) >= 11 is 12.1. The van der Waals surface area contributed by atoms with Crippen molar-refractivity contribution in [3.05, 3.63) is 97.8 Å². The Bertz CT molecular complexity index is 1500. The largest absolute Gasteiger partial charge is 0.422 e. The van der Waals surface area contributed by atoms with Crippen LogP contribution in [0.3, 0.4) is 0 Å². The fourth-order valence-corrected chi connectivity index (χ4v) is 4.33. The number of hydrogen-bond donors (Lipinski definition) is 2. The monoisotopic (exact) mass is 534 g/mol. The van der Waals surface area contributed by atoms with Crippen molar-refractivity contribution in [3.63, 3.8) is 0 Å². The molecule has 3 aromatic carbocycles. The van der Waals surface area contributed by atoms with Gasteiger partial charge in [-0.1, -0.05) is 53.5 Å². The molecule has 0 fully saturated rings. The van der Waals surface area contributed by atoms with Crippen LogP contribution < -0.4 is 16.3 Å². The van der Waals surface area contributed by atoms with Gasteiger partial charge in [0, 0.05) is 33.6 Å². The molecule has 10 heteroatoms. The Morgan fingerprint density at radius 1 is 1.03 bits per heavy atom. The lowest BCUT2D eigenvalue weighted by Crippen LogP contribution is -2.22. The number of carbonyl (C=O) groups excluding carboxylic acids is 1. The third kappa shape index (κ3) is 5.41. The summed E-state index contributed by atoms with van der Waals surface area (Å²) in [4.78, 5) is 25.9. The molecule has 0 aliphatic carbocycles. The van der Waals surface area contributed by atoms with Gasteiger partial charge in [-0.15, -0.1) is 0 Å². The summed E-state index contributed by atoms with van der Waals surface area (Å²) in [6, 6.07) is 15.2. The fraction of sp³-hybridized carbons (Fsp3) is 0.154. The lowest BCUT2D eigenvalue weighted by Gasteiger charge is -2.16. The summed E-state index contributed by atoms with van der Waals surface area (Å²) in [7, 11) is 1.76. The maximum absolute atomic E-state index is 13.5. The van der Waals surface area contributed by atoms with E-state index in [9.17, 15) is 22.8 Å². The Labute approximate surface area is 213 Å². The Morgan fingerprint density at radius 2 is 1.75 bits per heavy atom. The van der Waals surface area contributed by atoms with Crippen LogP contribution in [0.1, 0.15) is 16.7 Å². The third-order valence-electron chi connectivity index (χ3n) is 5.50. The quantitative estimate of drug-likeness (QED) is 0.270. The van der Waals surface area contributed by atoms with Gasteiger partial charge in [0.05, 0.1) is 23.2 Å². The molecular formula is C26H19Cl2F3N2O3. The van der Waals surface area contributed by atoms with Crippen LogP contribution >= 0.6 is 23.2 Å². The van der Waals surface area contributed by atoms with Crippen molar-refractivity contribution in [1.29, 1.82) is 0 Å². The van der Waals surface area contributed by atoms with Gasteiger partial charge >= 0.3 is 11.8 Å². The Kier molecular flexibility index (Phi) is 7.40. The van der Waals surface area contributed by atoms with Crippen molar-refractivity contribution in [2.24, 2.45) is 0 Å². The number of anilines is 1. The predicted octanol–water partition coefficient (Wildman–Crippen LogP) is 6.69. The molecular weight excluding hydrogens is 516 g/mol. The summed E-state index contributed by atoms with van der Waals surface area (Å²) in [6.07, 6.45) is -5.26. The van der Waals surface area contributed by atoms with Crippen LogP contribution in [-0.2, 0) is 23.9 Å². The lowest BCUT2D eigenvalue weighted by molar-refractivity contribution is -0.137. The zero-order valence-electron chi connectivity index (χ0n) is 18.8. The van der Waals surface area contributed by atoms with Crippen LogP contribution in [0.15, 0.2) is 69.9 Å². The highest BCUT2D eigenvalue weighted by Crippen LogP contribution is 2.37. The molecule has 0 aliphatic heterocycles. The number of alkyl halides is 3. The second-order valence-electron chi connectivity index (χ2n) is 7.99. The van der Waals surface area contributed by atoms with Gasteiger partial charge in [-0.2, -0.15) is 13.2 Å². The van der Waals surface area contributed by atoms with E-state index in [2.05, 4.69) is 10.6 Å². The molecule has 36 heavy (non-hydrogen) atoms. The SMILES string of the molecule is CNCc1cc2c(-c3ccccc3)c(CC(=O)Nc3ccc(Cl)cc3C(F)(F)F)c(=O)oc2cc1Cl. The number of hydrogen-bond acceptors (Lipinski definition) is 4. The lowest BCUT2D eigenvalue weighted by atomic mass is 9.94. The molecule has 4 rings (SSSR count). The summed E-state index contributed by atoms with van der Waals surface area (Å²) in [5.74, 6) is -0.823. The van der Waals surface area contributed by atoms with Crippen molar-refractivity contribution in [2.45, 2.75) is 19.1 Å². The number of benzene rings is 3. The van der Waals surface area contributed by atoms with E-state index in [-0.39, 0.29) is 16.2 Å². The van der Waals surface area contributed by atoms with Crippen molar-refractivity contribution in [2.75, 3.05) is 12.4 Å². The van der Waals surface area contributed by atoms with E-state index in [0.29, 0.717) is 28.1 Å². The Balaban J connectivity index is 1.83. The van der Waals surface area contributed by atoms with Gasteiger partial charge in [0.25, 0.3) is 0 Å². The first-order valence-corrected chi connectivity index (χ1v) is 11.5. The Hall–Kier alpha value is -3.33. The van der Waals surface area contributed by atoms with E-state index < -0.39 is 35.4 Å². The van der Waals surface area contributed by atoms with Gasteiger partial charge in [-0.05, 0) is 42.4 Å². The Morgan fingerprint density at radius 3 is 2.42 bits per heavy atom. The minimum atomic E-state index is -4.74. The van der Waals surface area contributed by atoms with Gasteiger partial charge in [0.15, 0.2) is 0 Å². The van der Waals surface area contributed by atoms with Crippen LogP contribution in [0, 0.1) is 0 Å². The standard InChI is InChI=1S/C26H19Cl2F3N2O3/c1-32-13-15-9-17-22(12-20(15)28)36-25(35)18(24(17)14-5-3-2-4-6-14)11-23(34)33-21-8-7-16(27)10-19(21)26(29,30)31/h2-10,12,32H,11,13H2,1H3,(H,33,34). The van der Waals surface area contributed by atoms with E-state index in [1.54, 1.807) is 43.4 Å². The summed E-state index contributed by atoms with van der Waals surface area (Å²) in [6.45, 7) is 0.439. The molecule has 1 heterocycles. The van der Waals surface area contributed by atoms with Crippen LogP contribution in [0.25, 0.3) is 22.1 Å². The van der Waals surface area contributed by atoms with E-state index in [4.69, 9.17) is 27.6 Å². The molecule has 186 valence electrons. The van der Waals surface area contributed by atoms with Gasteiger partial charge in [-0.25, -0.2) is 4.79 Å². The first-order valence-electron chi connectivity index (χ1n) is 10.7. The summed E-state index contributed by atoms with van der Waals surface area (Å²) in [5.41, 5.74) is -0.298. The highest BCUT2D eigenvalue weighted by molar-refractivity contribution is 6.32. The van der Waals surface area contributed by atoms with Crippen LogP contribution in [0.4, 0.5) is 18.9 Å². The molecule has 4 aromatic rings. The number of nitrogens with one attached hydrogen (secondary N) is 2. The van der Waals surface area contributed by atoms with Crippen molar-refractivity contribution in [1.82, 2.24) is 5.32 Å². The molecule has 5 nitrogen and oxygen atoms in total. The molecule has 1 aromatic heterocycles. The molecule has 0 spiro atoms. The molecule has 1 amide bonds. The van der Waals surface area contributed by atoms with Crippen LogP contribution in [0.2, 0.25) is 10.0 Å². The number of fused-ring (bicyclic) bond motifs is 1. The maximum Gasteiger partial charge on any atom is 0.418 e. The fourth-order valence-electron chi connectivity index (χ4n) is 3.94. The third-order valence-corrected chi connectivity index (χ3v) is 6.08. The summed E-state index contributed by atoms with van der Waals surface area (Å²) in [5, 5.41) is 6.08. The maximum atomic E-state index is 13.5. The predicted molar refractivity (Wildman–Crippen MR) is 134 cm³/mol. The number of halogens is 5. The van der Waals surface area contributed by atoms with Gasteiger partial charge < -0.3 is 15.1 Å². The zero-order valence-corrected chi connectivity index (χ0v) is 20.3. The minimum Gasteiger partial charge on any atom is -0.422 e. The van der Waals surface area contributed by atoms with Gasteiger partial charge in [0.2, 0.25) is 5.91 Å².